The fraction of sp³-hybridized carbons (Fsp3) is 1.00. The maximum Gasteiger partial charge on any atom is 0.0911 e. The van der Waals surface area contributed by atoms with Crippen molar-refractivity contribution in [2.75, 3.05) is 39.5 Å². The van der Waals surface area contributed by atoms with Crippen molar-refractivity contribution in [1.29, 1.82) is 0 Å². The predicted octanol–water partition coefficient (Wildman–Crippen LogP) is 0.533. The second-order valence-electron chi connectivity index (χ2n) is 5.24. The van der Waals surface area contributed by atoms with Crippen molar-refractivity contribution in [1.82, 2.24) is 10.4 Å². The van der Waals surface area contributed by atoms with Crippen LogP contribution in [0.1, 0.15) is 32.1 Å². The van der Waals surface area contributed by atoms with Crippen LogP contribution in [0.2, 0.25) is 0 Å². The van der Waals surface area contributed by atoms with E-state index in [2.05, 4.69) is 10.4 Å². The molecule has 2 atom stereocenters. The van der Waals surface area contributed by atoms with Gasteiger partial charge in [-0.25, -0.2) is 5.01 Å². The first-order valence-corrected chi connectivity index (χ1v) is 7.20. The molecule has 0 bridgehead atoms. The maximum atomic E-state index is 9.80. The molecule has 2 N–H and O–H groups in total. The summed E-state index contributed by atoms with van der Waals surface area (Å²) in [5, 5.41) is 12.0. The molecule has 0 amide bonds. The zero-order chi connectivity index (χ0) is 12.6. The number of hydrazine groups is 1. The van der Waals surface area contributed by atoms with E-state index < -0.39 is 6.10 Å². The Hall–Kier alpha value is -0.200. The number of nitrogens with one attached hydrogen (secondary N) is 1. The van der Waals surface area contributed by atoms with E-state index in [0.717, 1.165) is 32.5 Å². The fourth-order valence-electron chi connectivity index (χ4n) is 2.46. The molecule has 2 aliphatic rings. The smallest absolute Gasteiger partial charge is 0.0911 e. The van der Waals surface area contributed by atoms with Gasteiger partial charge in [0.2, 0.25) is 0 Å². The molecule has 2 fully saturated rings. The highest BCUT2D eigenvalue weighted by atomic mass is 16.5. The van der Waals surface area contributed by atoms with E-state index in [-0.39, 0.29) is 6.10 Å². The maximum absolute atomic E-state index is 9.80. The Bertz CT molecular complexity index is 216. The van der Waals surface area contributed by atoms with Crippen molar-refractivity contribution < 1.29 is 14.6 Å². The van der Waals surface area contributed by atoms with E-state index in [0.29, 0.717) is 19.8 Å². The minimum atomic E-state index is -0.437. The van der Waals surface area contributed by atoms with E-state index >= 15 is 0 Å². The van der Waals surface area contributed by atoms with Gasteiger partial charge in [0.25, 0.3) is 0 Å². The third-order valence-corrected chi connectivity index (χ3v) is 3.54. The molecule has 0 radical (unpaired) electrons. The fourth-order valence-corrected chi connectivity index (χ4v) is 2.46. The largest absolute Gasteiger partial charge is 0.389 e. The lowest BCUT2D eigenvalue weighted by atomic mass is 10.2. The minimum absolute atomic E-state index is 0.243. The van der Waals surface area contributed by atoms with Crippen LogP contribution in [0.4, 0.5) is 0 Å². The highest BCUT2D eigenvalue weighted by Crippen LogP contribution is 2.12. The molecule has 0 saturated carbocycles. The number of hydrogen-bond donors (Lipinski definition) is 2. The Kier molecular flexibility index (Phi) is 6.37. The van der Waals surface area contributed by atoms with Gasteiger partial charge in [-0.3, -0.25) is 5.43 Å². The summed E-state index contributed by atoms with van der Waals surface area (Å²) in [5.41, 5.74) is 3.27. The summed E-state index contributed by atoms with van der Waals surface area (Å²) in [6.45, 7) is 4.60. The molecular weight excluding hydrogens is 232 g/mol. The van der Waals surface area contributed by atoms with E-state index in [4.69, 9.17) is 9.47 Å². The number of nitrogens with zero attached hydrogens (tertiary/aromatic N) is 1. The minimum Gasteiger partial charge on any atom is -0.389 e. The van der Waals surface area contributed by atoms with Crippen molar-refractivity contribution in [3.63, 3.8) is 0 Å². The molecule has 5 heteroatoms. The summed E-state index contributed by atoms with van der Waals surface area (Å²) >= 11 is 0. The van der Waals surface area contributed by atoms with Crippen LogP contribution in [-0.2, 0) is 9.47 Å². The molecule has 106 valence electrons. The molecule has 2 aliphatic heterocycles. The Morgan fingerprint density at radius 2 is 2.11 bits per heavy atom. The first-order valence-electron chi connectivity index (χ1n) is 7.20. The average molecular weight is 258 g/mol. The number of piperidine rings is 1. The molecule has 5 nitrogen and oxygen atoms in total. The van der Waals surface area contributed by atoms with Crippen molar-refractivity contribution in [3.05, 3.63) is 0 Å². The van der Waals surface area contributed by atoms with Crippen LogP contribution in [0.15, 0.2) is 0 Å². The lowest BCUT2D eigenvalue weighted by molar-refractivity contribution is -0.0219. The summed E-state index contributed by atoms with van der Waals surface area (Å²) in [6, 6.07) is 0. The first kappa shape index (κ1) is 14.2. The molecule has 2 heterocycles. The third-order valence-electron chi connectivity index (χ3n) is 3.54. The molecule has 0 aromatic rings. The van der Waals surface area contributed by atoms with Crippen molar-refractivity contribution in [2.24, 2.45) is 0 Å². The van der Waals surface area contributed by atoms with Crippen LogP contribution in [-0.4, -0.2) is 61.8 Å². The van der Waals surface area contributed by atoms with Gasteiger partial charge in [0.05, 0.1) is 25.4 Å². The van der Waals surface area contributed by atoms with Crippen LogP contribution in [0.5, 0.6) is 0 Å². The molecule has 2 unspecified atom stereocenters. The molecular formula is C13H26N2O3. The topological polar surface area (TPSA) is 54.0 Å². The number of aliphatic hydroxyl groups excluding tert-OH is 1. The Morgan fingerprint density at radius 3 is 2.83 bits per heavy atom. The van der Waals surface area contributed by atoms with Gasteiger partial charge in [-0.15, -0.1) is 0 Å². The van der Waals surface area contributed by atoms with Crippen LogP contribution >= 0.6 is 0 Å². The van der Waals surface area contributed by atoms with Crippen LogP contribution in [0, 0.1) is 0 Å². The van der Waals surface area contributed by atoms with Crippen molar-refractivity contribution in [2.45, 2.75) is 44.3 Å². The Labute approximate surface area is 109 Å². The standard InChI is InChI=1S/C13H26N2O3/c16-12(9-14-15-6-2-1-3-7-15)10-17-11-13-5-4-8-18-13/h12-14,16H,1-11H2. The molecule has 0 aliphatic carbocycles. The zero-order valence-electron chi connectivity index (χ0n) is 11.1. The zero-order valence-corrected chi connectivity index (χ0v) is 11.1. The monoisotopic (exact) mass is 258 g/mol. The van der Waals surface area contributed by atoms with E-state index in [1.807, 2.05) is 0 Å². The lowest BCUT2D eigenvalue weighted by Gasteiger charge is -2.28. The summed E-state index contributed by atoms with van der Waals surface area (Å²) in [4.78, 5) is 0. The van der Waals surface area contributed by atoms with Crippen molar-refractivity contribution in [3.8, 4) is 0 Å². The lowest BCUT2D eigenvalue weighted by Crippen LogP contribution is -2.45. The third kappa shape index (κ3) is 5.20. The second kappa shape index (κ2) is 8.07. The molecule has 0 spiro atoms. The SMILES string of the molecule is OC(CNN1CCCCC1)COCC1CCCO1. The van der Waals surface area contributed by atoms with E-state index in [9.17, 15) is 5.11 Å². The quantitative estimate of drug-likeness (QED) is 0.698. The van der Waals surface area contributed by atoms with Crippen LogP contribution < -0.4 is 5.43 Å². The van der Waals surface area contributed by atoms with Gasteiger partial charge in [-0.2, -0.15) is 0 Å². The van der Waals surface area contributed by atoms with E-state index in [1.54, 1.807) is 0 Å². The van der Waals surface area contributed by atoms with Gasteiger partial charge >= 0.3 is 0 Å². The summed E-state index contributed by atoms with van der Waals surface area (Å²) in [6.07, 6.45) is 5.85. The normalized spacial score (nSPS) is 27.5. The summed E-state index contributed by atoms with van der Waals surface area (Å²) in [7, 11) is 0. The van der Waals surface area contributed by atoms with Crippen LogP contribution in [0.3, 0.4) is 0 Å². The molecule has 18 heavy (non-hydrogen) atoms. The van der Waals surface area contributed by atoms with Gasteiger partial charge in [0.1, 0.15) is 0 Å². The van der Waals surface area contributed by atoms with Gasteiger partial charge in [-0.05, 0) is 25.7 Å². The highest BCUT2D eigenvalue weighted by molar-refractivity contribution is 4.66. The molecule has 2 saturated heterocycles. The molecule has 2 rings (SSSR count). The first-order chi connectivity index (χ1) is 8.84. The summed E-state index contributed by atoms with van der Waals surface area (Å²) < 4.78 is 10.9. The predicted molar refractivity (Wildman–Crippen MR) is 69.2 cm³/mol. The van der Waals surface area contributed by atoms with Gasteiger partial charge in [-0.1, -0.05) is 6.42 Å². The van der Waals surface area contributed by atoms with Gasteiger partial charge < -0.3 is 14.6 Å². The van der Waals surface area contributed by atoms with E-state index in [1.165, 1.54) is 19.3 Å². The van der Waals surface area contributed by atoms with Gasteiger partial charge in [0.15, 0.2) is 0 Å². The molecule has 0 aromatic carbocycles. The Morgan fingerprint density at radius 1 is 1.28 bits per heavy atom. The Balaban J connectivity index is 1.47. The molecule has 0 aromatic heterocycles. The van der Waals surface area contributed by atoms with Crippen LogP contribution in [0.25, 0.3) is 0 Å². The number of hydrogen-bond acceptors (Lipinski definition) is 5. The number of aliphatic hydroxyl groups is 1. The van der Waals surface area contributed by atoms with Crippen molar-refractivity contribution >= 4 is 0 Å². The number of rotatable bonds is 7. The number of ether oxygens (including phenoxy) is 2. The highest BCUT2D eigenvalue weighted by Gasteiger charge is 2.16. The van der Waals surface area contributed by atoms with Gasteiger partial charge in [0, 0.05) is 26.2 Å². The summed E-state index contributed by atoms with van der Waals surface area (Å²) in [5.74, 6) is 0. The second-order valence-corrected chi connectivity index (χ2v) is 5.24. The average Bonchev–Trinajstić information content (AvgIpc) is 2.91.